The third-order valence-corrected chi connectivity index (χ3v) is 2.09. The summed E-state index contributed by atoms with van der Waals surface area (Å²) in [5, 5.41) is 9.43. The van der Waals surface area contributed by atoms with Gasteiger partial charge in [-0.1, -0.05) is 29.3 Å². The van der Waals surface area contributed by atoms with Crippen LogP contribution >= 0.6 is 11.6 Å². The van der Waals surface area contributed by atoms with Crippen LogP contribution in [0.1, 0.15) is 17.2 Å². The molecule has 66 valence electrons. The van der Waals surface area contributed by atoms with Crippen LogP contribution < -0.4 is 5.73 Å². The predicted octanol–water partition coefficient (Wildman–Crippen LogP) is 1.64. The molecule has 0 heterocycles. The second-order valence-electron chi connectivity index (χ2n) is 2.81. The van der Waals surface area contributed by atoms with Gasteiger partial charge in [-0.3, -0.25) is 0 Å². The Morgan fingerprint density at radius 3 is 2.83 bits per heavy atom. The lowest BCUT2D eigenvalue weighted by Gasteiger charge is -2.10. The fraction of sp³-hybridized carbons (Fsp3) is 0.333. The average Bonchev–Trinajstić information content (AvgIpc) is 2.08. The first-order valence-electron chi connectivity index (χ1n) is 3.77. The minimum absolute atomic E-state index is 0.0802. The summed E-state index contributed by atoms with van der Waals surface area (Å²) in [7, 11) is 0. The summed E-state index contributed by atoms with van der Waals surface area (Å²) in [5.74, 6) is 0. The van der Waals surface area contributed by atoms with E-state index < -0.39 is 0 Å². The molecule has 12 heavy (non-hydrogen) atoms. The largest absolute Gasteiger partial charge is 0.394 e. The first-order chi connectivity index (χ1) is 5.65. The number of rotatable bonds is 2. The van der Waals surface area contributed by atoms with E-state index in [9.17, 15) is 0 Å². The van der Waals surface area contributed by atoms with E-state index in [2.05, 4.69) is 0 Å². The molecular weight excluding hydrogens is 174 g/mol. The number of hydrogen-bond acceptors (Lipinski definition) is 2. The van der Waals surface area contributed by atoms with Crippen molar-refractivity contribution >= 4 is 11.6 Å². The quantitative estimate of drug-likeness (QED) is 0.736. The molecule has 1 atom stereocenters. The van der Waals surface area contributed by atoms with E-state index in [1.165, 1.54) is 0 Å². The van der Waals surface area contributed by atoms with E-state index in [0.717, 1.165) is 11.1 Å². The minimum atomic E-state index is -0.377. The van der Waals surface area contributed by atoms with Crippen LogP contribution in [0.4, 0.5) is 0 Å². The van der Waals surface area contributed by atoms with E-state index in [4.69, 9.17) is 22.4 Å². The van der Waals surface area contributed by atoms with Crippen molar-refractivity contribution in [3.8, 4) is 0 Å². The average molecular weight is 186 g/mol. The molecule has 1 rings (SSSR count). The van der Waals surface area contributed by atoms with Gasteiger partial charge in [0.25, 0.3) is 0 Å². The molecule has 0 saturated carbocycles. The molecule has 0 aliphatic carbocycles. The summed E-state index contributed by atoms with van der Waals surface area (Å²) in [4.78, 5) is 0. The van der Waals surface area contributed by atoms with Crippen LogP contribution in [0.3, 0.4) is 0 Å². The SMILES string of the molecule is Cc1ccc(Cl)c(C(N)CO)c1. The summed E-state index contributed by atoms with van der Waals surface area (Å²) in [5.41, 5.74) is 7.53. The molecule has 0 radical (unpaired) electrons. The van der Waals surface area contributed by atoms with Crippen molar-refractivity contribution in [1.82, 2.24) is 0 Å². The van der Waals surface area contributed by atoms with Crippen molar-refractivity contribution in [2.24, 2.45) is 5.73 Å². The van der Waals surface area contributed by atoms with Crippen LogP contribution in [0.15, 0.2) is 18.2 Å². The Morgan fingerprint density at radius 2 is 2.25 bits per heavy atom. The van der Waals surface area contributed by atoms with Gasteiger partial charge < -0.3 is 10.8 Å². The first kappa shape index (κ1) is 9.52. The highest BCUT2D eigenvalue weighted by Crippen LogP contribution is 2.22. The zero-order valence-corrected chi connectivity index (χ0v) is 7.67. The number of nitrogens with two attached hydrogens (primary N) is 1. The smallest absolute Gasteiger partial charge is 0.0624 e. The fourth-order valence-electron chi connectivity index (χ4n) is 1.05. The Kier molecular flexibility index (Phi) is 3.09. The van der Waals surface area contributed by atoms with Crippen LogP contribution in [0.2, 0.25) is 5.02 Å². The van der Waals surface area contributed by atoms with Gasteiger partial charge in [0.05, 0.1) is 12.6 Å². The molecule has 0 aliphatic rings. The molecular formula is C9H12ClNO. The van der Waals surface area contributed by atoms with Gasteiger partial charge in [0.2, 0.25) is 0 Å². The van der Waals surface area contributed by atoms with Crippen LogP contribution in [0, 0.1) is 6.92 Å². The summed E-state index contributed by atoms with van der Waals surface area (Å²) < 4.78 is 0. The molecule has 2 nitrogen and oxygen atoms in total. The van der Waals surface area contributed by atoms with Gasteiger partial charge in [0, 0.05) is 5.02 Å². The Morgan fingerprint density at radius 1 is 1.58 bits per heavy atom. The van der Waals surface area contributed by atoms with Gasteiger partial charge in [-0.2, -0.15) is 0 Å². The van der Waals surface area contributed by atoms with Crippen molar-refractivity contribution < 1.29 is 5.11 Å². The number of aliphatic hydroxyl groups excluding tert-OH is 1. The van der Waals surface area contributed by atoms with Gasteiger partial charge in [-0.05, 0) is 18.6 Å². The maximum Gasteiger partial charge on any atom is 0.0624 e. The van der Waals surface area contributed by atoms with E-state index in [-0.39, 0.29) is 12.6 Å². The fourth-order valence-corrected chi connectivity index (χ4v) is 1.30. The maximum absolute atomic E-state index is 8.82. The Labute approximate surface area is 77.0 Å². The topological polar surface area (TPSA) is 46.2 Å². The molecule has 3 heteroatoms. The zero-order valence-electron chi connectivity index (χ0n) is 6.92. The first-order valence-corrected chi connectivity index (χ1v) is 4.15. The molecule has 0 aromatic heterocycles. The molecule has 1 aromatic rings. The molecule has 0 bridgehead atoms. The predicted molar refractivity (Wildman–Crippen MR) is 50.2 cm³/mol. The molecule has 0 saturated heterocycles. The normalized spacial score (nSPS) is 13.0. The molecule has 0 amide bonds. The van der Waals surface area contributed by atoms with Crippen LogP contribution in [-0.2, 0) is 0 Å². The van der Waals surface area contributed by atoms with Gasteiger partial charge in [-0.15, -0.1) is 0 Å². The third kappa shape index (κ3) is 1.97. The summed E-state index contributed by atoms with van der Waals surface area (Å²) >= 11 is 5.88. The summed E-state index contributed by atoms with van der Waals surface area (Å²) in [6, 6.07) is 5.22. The molecule has 0 aliphatic heterocycles. The van der Waals surface area contributed by atoms with Crippen molar-refractivity contribution in [1.29, 1.82) is 0 Å². The Balaban J connectivity index is 3.04. The molecule has 3 N–H and O–H groups in total. The van der Waals surface area contributed by atoms with E-state index in [0.29, 0.717) is 5.02 Å². The summed E-state index contributed by atoms with van der Waals surface area (Å²) in [6.45, 7) is 1.88. The van der Waals surface area contributed by atoms with E-state index >= 15 is 0 Å². The van der Waals surface area contributed by atoms with E-state index in [1.54, 1.807) is 6.07 Å². The van der Waals surface area contributed by atoms with Gasteiger partial charge in [-0.25, -0.2) is 0 Å². The maximum atomic E-state index is 8.82. The second-order valence-corrected chi connectivity index (χ2v) is 3.22. The lowest BCUT2D eigenvalue weighted by molar-refractivity contribution is 0.268. The minimum Gasteiger partial charge on any atom is -0.394 e. The highest BCUT2D eigenvalue weighted by molar-refractivity contribution is 6.31. The van der Waals surface area contributed by atoms with Crippen molar-refractivity contribution in [2.45, 2.75) is 13.0 Å². The van der Waals surface area contributed by atoms with Crippen molar-refractivity contribution in [3.05, 3.63) is 34.3 Å². The summed E-state index contributed by atoms with van der Waals surface area (Å²) in [6.07, 6.45) is 0. The number of hydrogen-bond donors (Lipinski definition) is 2. The van der Waals surface area contributed by atoms with Crippen molar-refractivity contribution in [3.63, 3.8) is 0 Å². The van der Waals surface area contributed by atoms with Crippen molar-refractivity contribution in [2.75, 3.05) is 6.61 Å². The van der Waals surface area contributed by atoms with E-state index in [1.807, 2.05) is 19.1 Å². The number of aryl methyl sites for hydroxylation is 1. The highest BCUT2D eigenvalue weighted by Gasteiger charge is 2.08. The number of halogens is 1. The van der Waals surface area contributed by atoms with Crippen LogP contribution in [-0.4, -0.2) is 11.7 Å². The molecule has 1 unspecified atom stereocenters. The molecule has 0 spiro atoms. The Hall–Kier alpha value is -0.570. The highest BCUT2D eigenvalue weighted by atomic mass is 35.5. The monoisotopic (exact) mass is 185 g/mol. The number of aliphatic hydroxyl groups is 1. The standard InChI is InChI=1S/C9H12ClNO/c1-6-2-3-8(10)7(4-6)9(11)5-12/h2-4,9,12H,5,11H2,1H3. The molecule has 1 aromatic carbocycles. The van der Waals surface area contributed by atoms with Crippen LogP contribution in [0.25, 0.3) is 0 Å². The molecule has 0 fully saturated rings. The number of benzene rings is 1. The second kappa shape index (κ2) is 3.90. The zero-order chi connectivity index (χ0) is 9.14. The lowest BCUT2D eigenvalue weighted by atomic mass is 10.1. The van der Waals surface area contributed by atoms with Gasteiger partial charge >= 0.3 is 0 Å². The third-order valence-electron chi connectivity index (χ3n) is 1.75. The van der Waals surface area contributed by atoms with Gasteiger partial charge in [0.1, 0.15) is 0 Å². The van der Waals surface area contributed by atoms with Crippen LogP contribution in [0.5, 0.6) is 0 Å². The lowest BCUT2D eigenvalue weighted by Crippen LogP contribution is -2.14. The van der Waals surface area contributed by atoms with Gasteiger partial charge in [0.15, 0.2) is 0 Å². The Bertz CT molecular complexity index is 275.